The van der Waals surface area contributed by atoms with E-state index < -0.39 is 0 Å². The minimum absolute atomic E-state index is 0.0210. The van der Waals surface area contributed by atoms with E-state index in [1.54, 1.807) is 0 Å². The van der Waals surface area contributed by atoms with Crippen molar-refractivity contribution in [3.8, 4) is 5.75 Å². The second-order valence-corrected chi connectivity index (χ2v) is 9.42. The van der Waals surface area contributed by atoms with Gasteiger partial charge in [0.05, 0.1) is 0 Å². The predicted molar refractivity (Wildman–Crippen MR) is 112 cm³/mol. The molecule has 0 heterocycles. The highest BCUT2D eigenvalue weighted by atomic mass is 31.0. The van der Waals surface area contributed by atoms with Crippen molar-refractivity contribution in [1.29, 1.82) is 0 Å². The third-order valence-electron chi connectivity index (χ3n) is 4.87. The number of unbranched alkanes of at least 4 members (excludes halogenated alkanes) is 1. The zero-order chi connectivity index (χ0) is 19.3. The molecule has 3 atom stereocenters. The summed E-state index contributed by atoms with van der Waals surface area (Å²) in [6.07, 6.45) is 4.39. The molecule has 3 unspecified atom stereocenters. The molecule has 1 rings (SSSR count). The van der Waals surface area contributed by atoms with Gasteiger partial charge in [0.25, 0.3) is 0 Å². The first kappa shape index (κ1) is 22.5. The standard InChI is InChI=1S/C22H39O2P/c1-9-11-12-16(10-2)20(24-25)23-19-14-13-17(21(3,4)5)15-18(19)22(6,7)8/h13-16,20H,9-12,25H2,1-8H3. The molecule has 25 heavy (non-hydrogen) atoms. The summed E-state index contributed by atoms with van der Waals surface area (Å²) in [6.45, 7) is 17.9. The van der Waals surface area contributed by atoms with E-state index in [4.69, 9.17) is 9.26 Å². The molecule has 0 aromatic heterocycles. The Morgan fingerprint density at radius 2 is 1.64 bits per heavy atom. The van der Waals surface area contributed by atoms with E-state index in [2.05, 4.69) is 83.1 Å². The Morgan fingerprint density at radius 3 is 2.08 bits per heavy atom. The van der Waals surface area contributed by atoms with Crippen LogP contribution in [0.3, 0.4) is 0 Å². The molecular formula is C22H39O2P. The lowest BCUT2D eigenvalue weighted by Crippen LogP contribution is -2.28. The van der Waals surface area contributed by atoms with Gasteiger partial charge in [0.1, 0.15) is 5.75 Å². The van der Waals surface area contributed by atoms with E-state index in [1.807, 2.05) is 0 Å². The van der Waals surface area contributed by atoms with Crippen LogP contribution in [-0.4, -0.2) is 6.29 Å². The van der Waals surface area contributed by atoms with Crippen LogP contribution >= 0.6 is 9.47 Å². The lowest BCUT2D eigenvalue weighted by molar-refractivity contribution is -0.0338. The maximum Gasteiger partial charge on any atom is 0.205 e. The molecule has 2 nitrogen and oxygen atoms in total. The minimum Gasteiger partial charge on any atom is -0.464 e. The molecule has 144 valence electrons. The number of hydrogen-bond acceptors (Lipinski definition) is 2. The minimum atomic E-state index is -0.219. The predicted octanol–water partition coefficient (Wildman–Crippen LogP) is 7.01. The summed E-state index contributed by atoms with van der Waals surface area (Å²) in [5.41, 5.74) is 2.73. The highest BCUT2D eigenvalue weighted by Gasteiger charge is 2.27. The highest BCUT2D eigenvalue weighted by Crippen LogP contribution is 2.37. The van der Waals surface area contributed by atoms with Crippen molar-refractivity contribution < 1.29 is 9.26 Å². The molecule has 0 aliphatic rings. The molecule has 0 saturated heterocycles. The fraction of sp³-hybridized carbons (Fsp3) is 0.727. The zero-order valence-corrected chi connectivity index (χ0v) is 18.8. The Hall–Kier alpha value is -0.590. The van der Waals surface area contributed by atoms with E-state index in [-0.39, 0.29) is 17.1 Å². The Labute approximate surface area is 158 Å². The Bertz CT molecular complexity index is 526. The van der Waals surface area contributed by atoms with Gasteiger partial charge >= 0.3 is 0 Å². The summed E-state index contributed by atoms with van der Waals surface area (Å²) >= 11 is 0. The quantitative estimate of drug-likeness (QED) is 0.364. The Balaban J connectivity index is 3.17. The number of rotatable bonds is 8. The van der Waals surface area contributed by atoms with Crippen LogP contribution < -0.4 is 4.74 Å². The summed E-state index contributed by atoms with van der Waals surface area (Å²) in [5.74, 6) is 1.36. The first-order valence-electron chi connectivity index (χ1n) is 9.71. The number of ether oxygens (including phenoxy) is 1. The topological polar surface area (TPSA) is 18.5 Å². The lowest BCUT2D eigenvalue weighted by atomic mass is 9.80. The third-order valence-corrected chi connectivity index (χ3v) is 5.14. The molecule has 1 aromatic rings. The van der Waals surface area contributed by atoms with Gasteiger partial charge in [0, 0.05) is 15.4 Å². The average Bonchev–Trinajstić information content (AvgIpc) is 2.52. The number of benzene rings is 1. The van der Waals surface area contributed by atoms with Gasteiger partial charge < -0.3 is 9.26 Å². The van der Waals surface area contributed by atoms with Gasteiger partial charge in [0.15, 0.2) is 0 Å². The van der Waals surface area contributed by atoms with Crippen LogP contribution in [0, 0.1) is 5.92 Å². The highest BCUT2D eigenvalue weighted by molar-refractivity contribution is 7.09. The molecule has 0 aliphatic heterocycles. The average molecular weight is 367 g/mol. The van der Waals surface area contributed by atoms with Gasteiger partial charge in [-0.05, 0) is 40.9 Å². The fourth-order valence-corrected chi connectivity index (χ4v) is 3.32. The van der Waals surface area contributed by atoms with Crippen LogP contribution in [0.1, 0.15) is 92.2 Å². The Morgan fingerprint density at radius 1 is 1.00 bits per heavy atom. The normalized spacial score (nSPS) is 15.1. The molecule has 0 bridgehead atoms. The number of hydrogen-bond donors (Lipinski definition) is 0. The fourth-order valence-electron chi connectivity index (χ4n) is 3.04. The van der Waals surface area contributed by atoms with Gasteiger partial charge in [-0.25, -0.2) is 0 Å². The van der Waals surface area contributed by atoms with Crippen molar-refractivity contribution in [1.82, 2.24) is 0 Å². The van der Waals surface area contributed by atoms with Crippen molar-refractivity contribution in [2.24, 2.45) is 5.92 Å². The summed E-state index contributed by atoms with van der Waals surface area (Å²) in [7, 11) is 2.40. The van der Waals surface area contributed by atoms with Gasteiger partial charge in [0.2, 0.25) is 6.29 Å². The van der Waals surface area contributed by atoms with Crippen molar-refractivity contribution in [2.45, 2.75) is 98.2 Å². The van der Waals surface area contributed by atoms with E-state index in [1.165, 1.54) is 24.0 Å². The zero-order valence-electron chi connectivity index (χ0n) is 17.6. The van der Waals surface area contributed by atoms with E-state index in [0.29, 0.717) is 5.92 Å². The molecular weight excluding hydrogens is 327 g/mol. The summed E-state index contributed by atoms with van der Waals surface area (Å²) < 4.78 is 12.1. The van der Waals surface area contributed by atoms with Crippen molar-refractivity contribution in [2.75, 3.05) is 0 Å². The molecule has 0 aliphatic carbocycles. The molecule has 0 N–H and O–H groups in total. The monoisotopic (exact) mass is 366 g/mol. The maximum absolute atomic E-state index is 6.40. The summed E-state index contributed by atoms with van der Waals surface area (Å²) in [6, 6.07) is 6.63. The molecule has 0 fully saturated rings. The van der Waals surface area contributed by atoms with Crippen molar-refractivity contribution in [3.05, 3.63) is 29.3 Å². The SMILES string of the molecule is CCCCC(CC)C(OP)Oc1ccc(C(C)(C)C)cc1C(C)(C)C. The van der Waals surface area contributed by atoms with Crippen molar-refractivity contribution in [3.63, 3.8) is 0 Å². The van der Waals surface area contributed by atoms with Crippen LogP contribution in [0.2, 0.25) is 0 Å². The van der Waals surface area contributed by atoms with E-state index in [0.717, 1.165) is 18.6 Å². The lowest BCUT2D eigenvalue weighted by Gasteiger charge is -2.31. The third kappa shape index (κ3) is 6.57. The second kappa shape index (κ2) is 9.38. The van der Waals surface area contributed by atoms with Crippen LogP contribution in [0.5, 0.6) is 5.75 Å². The molecule has 3 heteroatoms. The van der Waals surface area contributed by atoms with Crippen LogP contribution in [0.4, 0.5) is 0 Å². The second-order valence-electron chi connectivity index (χ2n) is 9.14. The van der Waals surface area contributed by atoms with Crippen LogP contribution in [0.25, 0.3) is 0 Å². The van der Waals surface area contributed by atoms with E-state index >= 15 is 0 Å². The van der Waals surface area contributed by atoms with Crippen LogP contribution in [-0.2, 0) is 15.4 Å². The van der Waals surface area contributed by atoms with Gasteiger partial charge in [-0.3, -0.25) is 0 Å². The smallest absolute Gasteiger partial charge is 0.205 e. The molecule has 0 amide bonds. The molecule has 0 saturated carbocycles. The summed E-state index contributed by atoms with van der Waals surface area (Å²) in [4.78, 5) is 0. The molecule has 1 aromatic carbocycles. The van der Waals surface area contributed by atoms with Gasteiger partial charge in [-0.1, -0.05) is 80.4 Å². The molecule has 0 spiro atoms. The first-order valence-corrected chi connectivity index (χ1v) is 10.2. The largest absolute Gasteiger partial charge is 0.464 e. The summed E-state index contributed by atoms with van der Waals surface area (Å²) in [5, 5.41) is 0. The Kier molecular flexibility index (Phi) is 8.42. The van der Waals surface area contributed by atoms with Gasteiger partial charge in [-0.15, -0.1) is 0 Å². The van der Waals surface area contributed by atoms with Crippen LogP contribution in [0.15, 0.2) is 18.2 Å². The van der Waals surface area contributed by atoms with E-state index in [9.17, 15) is 0 Å². The van der Waals surface area contributed by atoms with Crippen molar-refractivity contribution >= 4 is 9.47 Å². The first-order chi connectivity index (χ1) is 11.5. The molecule has 0 radical (unpaired) electrons. The van der Waals surface area contributed by atoms with Gasteiger partial charge in [-0.2, -0.15) is 0 Å². The maximum atomic E-state index is 6.40.